The molecule has 0 aliphatic rings. The Kier molecular flexibility index (Phi) is 5.90. The summed E-state index contributed by atoms with van der Waals surface area (Å²) in [5.74, 6) is 2.55. The second-order valence-corrected chi connectivity index (χ2v) is 12.1. The summed E-state index contributed by atoms with van der Waals surface area (Å²) in [5, 5.41) is 12.9. The minimum Gasteiger partial charge on any atom is -0.404 e. The van der Waals surface area contributed by atoms with Gasteiger partial charge in [0, 0.05) is 6.42 Å². The standard InChI is InChI=1S/C22H28O2Si/c1-6-17-22(5,23)18-24-25(21(2,3)4,19-13-9-7-10-14-19)20-15-11-8-12-16-20/h1,7-16,23H,17-18H2,2-5H3/t22-/m0/s1. The van der Waals surface area contributed by atoms with Gasteiger partial charge in [0.2, 0.25) is 0 Å². The fraction of sp³-hybridized carbons (Fsp3) is 0.364. The lowest BCUT2D eigenvalue weighted by Crippen LogP contribution is -2.67. The van der Waals surface area contributed by atoms with Crippen molar-refractivity contribution in [2.75, 3.05) is 6.61 Å². The predicted octanol–water partition coefficient (Wildman–Crippen LogP) is 3.34. The lowest BCUT2D eigenvalue weighted by molar-refractivity contribution is 0.0126. The van der Waals surface area contributed by atoms with Gasteiger partial charge in [0.1, 0.15) is 0 Å². The maximum Gasteiger partial charge on any atom is 0.261 e. The molecule has 132 valence electrons. The highest BCUT2D eigenvalue weighted by molar-refractivity contribution is 6.99. The molecular weight excluding hydrogens is 324 g/mol. The summed E-state index contributed by atoms with van der Waals surface area (Å²) in [6.45, 7) is 8.61. The normalized spacial score (nSPS) is 14.6. The van der Waals surface area contributed by atoms with E-state index in [4.69, 9.17) is 10.8 Å². The predicted molar refractivity (Wildman–Crippen MR) is 108 cm³/mol. The van der Waals surface area contributed by atoms with Gasteiger partial charge in [0.05, 0.1) is 12.2 Å². The van der Waals surface area contributed by atoms with Crippen LogP contribution in [0.2, 0.25) is 5.04 Å². The zero-order chi connectivity index (χ0) is 18.6. The van der Waals surface area contributed by atoms with Crippen LogP contribution in [0.1, 0.15) is 34.1 Å². The summed E-state index contributed by atoms with van der Waals surface area (Å²) in [6.07, 6.45) is 5.68. The topological polar surface area (TPSA) is 29.5 Å². The third kappa shape index (κ3) is 4.22. The Morgan fingerprint density at radius 2 is 1.36 bits per heavy atom. The molecule has 25 heavy (non-hydrogen) atoms. The molecule has 2 rings (SSSR count). The molecule has 0 amide bonds. The summed E-state index contributed by atoms with van der Waals surface area (Å²) in [5.41, 5.74) is -1.04. The Balaban J connectivity index is 2.59. The van der Waals surface area contributed by atoms with Gasteiger partial charge in [-0.3, -0.25) is 0 Å². The average Bonchev–Trinajstić information content (AvgIpc) is 2.56. The number of rotatable bonds is 6. The molecule has 1 atom stereocenters. The van der Waals surface area contributed by atoms with Gasteiger partial charge >= 0.3 is 0 Å². The quantitative estimate of drug-likeness (QED) is 0.638. The lowest BCUT2D eigenvalue weighted by atomic mass is 10.1. The van der Waals surface area contributed by atoms with E-state index in [0.29, 0.717) is 0 Å². The summed E-state index contributed by atoms with van der Waals surface area (Å²) < 4.78 is 6.68. The molecule has 0 aromatic heterocycles. The summed E-state index contributed by atoms with van der Waals surface area (Å²) in [4.78, 5) is 0. The molecule has 0 aliphatic heterocycles. The maximum absolute atomic E-state index is 10.6. The highest BCUT2D eigenvalue weighted by Crippen LogP contribution is 2.37. The number of benzene rings is 2. The molecule has 2 aromatic carbocycles. The van der Waals surface area contributed by atoms with Crippen molar-refractivity contribution in [1.29, 1.82) is 0 Å². The maximum atomic E-state index is 10.6. The molecule has 0 saturated heterocycles. The second kappa shape index (κ2) is 7.57. The number of aliphatic hydroxyl groups is 1. The lowest BCUT2D eigenvalue weighted by Gasteiger charge is -2.44. The van der Waals surface area contributed by atoms with Crippen LogP contribution in [0.4, 0.5) is 0 Å². The van der Waals surface area contributed by atoms with Gasteiger partial charge < -0.3 is 9.53 Å². The van der Waals surface area contributed by atoms with E-state index < -0.39 is 13.9 Å². The van der Waals surface area contributed by atoms with Gasteiger partial charge in [0.15, 0.2) is 0 Å². The van der Waals surface area contributed by atoms with Crippen molar-refractivity contribution in [1.82, 2.24) is 0 Å². The van der Waals surface area contributed by atoms with E-state index in [1.807, 2.05) is 12.1 Å². The van der Waals surface area contributed by atoms with Crippen LogP contribution in [0.3, 0.4) is 0 Å². The van der Waals surface area contributed by atoms with Gasteiger partial charge in [-0.1, -0.05) is 81.4 Å². The zero-order valence-corrected chi connectivity index (χ0v) is 16.6. The first-order valence-electron chi connectivity index (χ1n) is 8.64. The first-order valence-corrected chi connectivity index (χ1v) is 10.5. The van der Waals surface area contributed by atoms with E-state index in [1.165, 1.54) is 10.4 Å². The van der Waals surface area contributed by atoms with Crippen LogP contribution in [-0.4, -0.2) is 25.6 Å². The van der Waals surface area contributed by atoms with Crippen molar-refractivity contribution in [3.05, 3.63) is 60.7 Å². The van der Waals surface area contributed by atoms with Crippen molar-refractivity contribution in [2.24, 2.45) is 0 Å². The zero-order valence-electron chi connectivity index (χ0n) is 15.6. The first kappa shape index (κ1) is 19.5. The summed E-state index contributed by atoms with van der Waals surface area (Å²) >= 11 is 0. The van der Waals surface area contributed by atoms with E-state index in [2.05, 4.69) is 75.2 Å². The molecule has 0 aliphatic carbocycles. The molecule has 1 N–H and O–H groups in total. The van der Waals surface area contributed by atoms with E-state index in [-0.39, 0.29) is 18.1 Å². The number of hydrogen-bond donors (Lipinski definition) is 1. The Morgan fingerprint density at radius 1 is 0.920 bits per heavy atom. The van der Waals surface area contributed by atoms with Crippen molar-refractivity contribution >= 4 is 18.7 Å². The summed E-state index contributed by atoms with van der Waals surface area (Å²) in [6, 6.07) is 20.8. The monoisotopic (exact) mass is 352 g/mol. The van der Waals surface area contributed by atoms with Crippen LogP contribution in [0.25, 0.3) is 0 Å². The first-order chi connectivity index (χ1) is 11.7. The minimum absolute atomic E-state index is 0.109. The number of terminal acetylenes is 1. The van der Waals surface area contributed by atoms with Gasteiger partial charge in [-0.2, -0.15) is 0 Å². The van der Waals surface area contributed by atoms with Gasteiger partial charge in [-0.05, 0) is 22.3 Å². The molecule has 0 radical (unpaired) electrons. The number of hydrogen-bond acceptors (Lipinski definition) is 2. The van der Waals surface area contributed by atoms with Crippen LogP contribution in [0.15, 0.2) is 60.7 Å². The van der Waals surface area contributed by atoms with Crippen LogP contribution in [-0.2, 0) is 4.43 Å². The van der Waals surface area contributed by atoms with Gasteiger partial charge in [-0.25, -0.2) is 0 Å². The van der Waals surface area contributed by atoms with Crippen LogP contribution in [0, 0.1) is 12.3 Å². The van der Waals surface area contributed by atoms with E-state index in [1.54, 1.807) is 6.92 Å². The van der Waals surface area contributed by atoms with Crippen LogP contribution in [0.5, 0.6) is 0 Å². The largest absolute Gasteiger partial charge is 0.404 e. The van der Waals surface area contributed by atoms with Crippen molar-refractivity contribution in [3.8, 4) is 12.3 Å². The molecule has 2 aromatic rings. The molecular formula is C22H28O2Si. The molecule has 0 heterocycles. The fourth-order valence-electron chi connectivity index (χ4n) is 3.30. The molecule has 0 saturated carbocycles. The fourth-order valence-corrected chi connectivity index (χ4v) is 7.98. The van der Waals surface area contributed by atoms with Crippen LogP contribution >= 0.6 is 0 Å². The summed E-state index contributed by atoms with van der Waals surface area (Å²) in [7, 11) is -2.62. The minimum atomic E-state index is -2.62. The van der Waals surface area contributed by atoms with Crippen LogP contribution < -0.4 is 10.4 Å². The van der Waals surface area contributed by atoms with Crippen molar-refractivity contribution < 1.29 is 9.53 Å². The third-order valence-electron chi connectivity index (χ3n) is 4.50. The molecule has 2 nitrogen and oxygen atoms in total. The van der Waals surface area contributed by atoms with E-state index in [9.17, 15) is 5.11 Å². The highest BCUT2D eigenvalue weighted by Gasteiger charge is 2.50. The Morgan fingerprint density at radius 3 is 1.72 bits per heavy atom. The molecule has 0 spiro atoms. The highest BCUT2D eigenvalue weighted by atomic mass is 28.4. The SMILES string of the molecule is C#CC[C@](C)(O)CO[Si](c1ccccc1)(c1ccccc1)C(C)(C)C. The molecule has 0 unspecified atom stereocenters. The Labute approximate surface area is 153 Å². The molecule has 0 bridgehead atoms. The Hall–Kier alpha value is -1.86. The Bertz CT molecular complexity index is 670. The second-order valence-electron chi connectivity index (χ2n) is 7.83. The average molecular weight is 353 g/mol. The van der Waals surface area contributed by atoms with Crippen molar-refractivity contribution in [3.63, 3.8) is 0 Å². The molecule has 3 heteroatoms. The smallest absolute Gasteiger partial charge is 0.261 e. The van der Waals surface area contributed by atoms with Gasteiger partial charge in [0.25, 0.3) is 8.32 Å². The van der Waals surface area contributed by atoms with E-state index >= 15 is 0 Å². The third-order valence-corrected chi connectivity index (χ3v) is 9.48. The van der Waals surface area contributed by atoms with Crippen molar-refractivity contribution in [2.45, 2.75) is 44.8 Å². The van der Waals surface area contributed by atoms with E-state index in [0.717, 1.165) is 0 Å². The molecule has 0 fully saturated rings. The van der Waals surface area contributed by atoms with Gasteiger partial charge in [-0.15, -0.1) is 12.3 Å².